The first-order valence-electron chi connectivity index (χ1n) is 13.2. The van der Waals surface area contributed by atoms with Gasteiger partial charge in [-0.05, 0) is 78.5 Å². The summed E-state index contributed by atoms with van der Waals surface area (Å²) in [6.45, 7) is 3.32. The Morgan fingerprint density at radius 2 is 1.86 bits per heavy atom. The van der Waals surface area contributed by atoms with Crippen LogP contribution in [0.2, 0.25) is 0 Å². The van der Waals surface area contributed by atoms with E-state index in [1.165, 1.54) is 45.6 Å². The number of hydrogen-bond donors (Lipinski definition) is 1. The SMILES string of the molecule is COC(=O)C(CCSC)NC(=O)c1ccc(COCCCC2CCCCC2)cc1-c1ccccc1C. The zero-order chi connectivity index (χ0) is 25.8. The van der Waals surface area contributed by atoms with Crippen LogP contribution in [-0.4, -0.2) is 43.6 Å². The van der Waals surface area contributed by atoms with Crippen LogP contribution in [0.1, 0.15) is 72.9 Å². The molecule has 3 rings (SSSR count). The van der Waals surface area contributed by atoms with Crippen LogP contribution in [-0.2, 0) is 20.9 Å². The molecule has 1 aliphatic rings. The molecule has 0 heterocycles. The predicted molar refractivity (Wildman–Crippen MR) is 148 cm³/mol. The van der Waals surface area contributed by atoms with Crippen LogP contribution in [0, 0.1) is 12.8 Å². The number of amides is 1. The number of benzene rings is 2. The van der Waals surface area contributed by atoms with E-state index in [4.69, 9.17) is 9.47 Å². The molecule has 0 bridgehead atoms. The molecular weight excluding hydrogens is 470 g/mol. The van der Waals surface area contributed by atoms with Crippen LogP contribution in [0.15, 0.2) is 42.5 Å². The molecule has 1 N–H and O–H groups in total. The number of carbonyl (C=O) groups excluding carboxylic acids is 2. The lowest BCUT2D eigenvalue weighted by molar-refractivity contribution is -0.142. The minimum Gasteiger partial charge on any atom is -0.467 e. The summed E-state index contributed by atoms with van der Waals surface area (Å²) in [5, 5.41) is 2.90. The van der Waals surface area contributed by atoms with Gasteiger partial charge in [0.15, 0.2) is 0 Å². The summed E-state index contributed by atoms with van der Waals surface area (Å²) < 4.78 is 10.9. The molecule has 36 heavy (non-hydrogen) atoms. The minimum absolute atomic E-state index is 0.273. The molecule has 0 radical (unpaired) electrons. The lowest BCUT2D eigenvalue weighted by Crippen LogP contribution is -2.42. The van der Waals surface area contributed by atoms with Gasteiger partial charge in [-0.3, -0.25) is 4.79 Å². The van der Waals surface area contributed by atoms with Crippen molar-refractivity contribution < 1.29 is 19.1 Å². The van der Waals surface area contributed by atoms with E-state index in [-0.39, 0.29) is 5.91 Å². The van der Waals surface area contributed by atoms with Gasteiger partial charge in [-0.1, -0.05) is 62.4 Å². The van der Waals surface area contributed by atoms with Crippen LogP contribution in [0.3, 0.4) is 0 Å². The maximum atomic E-state index is 13.3. The van der Waals surface area contributed by atoms with Crippen LogP contribution in [0.5, 0.6) is 0 Å². The van der Waals surface area contributed by atoms with Crippen molar-refractivity contribution in [3.05, 3.63) is 59.2 Å². The summed E-state index contributed by atoms with van der Waals surface area (Å²) in [5.74, 6) is 0.928. The van der Waals surface area contributed by atoms with Crippen molar-refractivity contribution in [2.24, 2.45) is 5.92 Å². The smallest absolute Gasteiger partial charge is 0.328 e. The summed E-state index contributed by atoms with van der Waals surface area (Å²) in [5.41, 5.74) is 4.52. The molecule has 0 aliphatic heterocycles. The highest BCUT2D eigenvalue weighted by molar-refractivity contribution is 7.98. The normalized spacial score (nSPS) is 14.9. The van der Waals surface area contributed by atoms with Crippen molar-refractivity contribution in [2.75, 3.05) is 25.7 Å². The lowest BCUT2D eigenvalue weighted by Gasteiger charge is -2.21. The van der Waals surface area contributed by atoms with Gasteiger partial charge >= 0.3 is 5.97 Å². The van der Waals surface area contributed by atoms with E-state index < -0.39 is 12.0 Å². The molecule has 1 atom stereocenters. The quantitative estimate of drug-likeness (QED) is 0.244. The number of aryl methyl sites for hydroxylation is 1. The van der Waals surface area contributed by atoms with E-state index >= 15 is 0 Å². The highest BCUT2D eigenvalue weighted by Gasteiger charge is 2.24. The largest absolute Gasteiger partial charge is 0.467 e. The number of carbonyl (C=O) groups is 2. The fourth-order valence-corrected chi connectivity index (χ4v) is 5.45. The van der Waals surface area contributed by atoms with Crippen molar-refractivity contribution in [2.45, 2.75) is 70.9 Å². The van der Waals surface area contributed by atoms with Crippen molar-refractivity contribution in [3.63, 3.8) is 0 Å². The van der Waals surface area contributed by atoms with Crippen molar-refractivity contribution >= 4 is 23.6 Å². The Labute approximate surface area is 220 Å². The standard InChI is InChI=1S/C30H41NO4S/c1-22-10-7-8-14-25(22)27-20-24(21-35-18-9-13-23-11-5-4-6-12-23)15-16-26(27)29(32)31-28(17-19-36-3)30(33)34-2/h7-8,10,14-16,20,23,28H,4-6,9,11-13,17-19,21H2,1-3H3,(H,31,32). The fraction of sp³-hybridized carbons (Fsp3) is 0.533. The Balaban J connectivity index is 1.71. The second-order valence-corrected chi connectivity index (χ2v) is 10.7. The van der Waals surface area contributed by atoms with E-state index in [0.29, 0.717) is 18.6 Å². The molecule has 5 nitrogen and oxygen atoms in total. The molecular formula is C30H41NO4S. The summed E-state index contributed by atoms with van der Waals surface area (Å²) in [7, 11) is 1.35. The highest BCUT2D eigenvalue weighted by Crippen LogP contribution is 2.29. The van der Waals surface area contributed by atoms with Crippen LogP contribution < -0.4 is 5.32 Å². The molecule has 1 aliphatic carbocycles. The molecule has 1 amide bonds. The van der Waals surface area contributed by atoms with Gasteiger partial charge in [0.1, 0.15) is 6.04 Å². The van der Waals surface area contributed by atoms with Crippen LogP contribution in [0.4, 0.5) is 0 Å². The predicted octanol–water partition coefficient (Wildman–Crippen LogP) is 6.56. The first kappa shape index (κ1) is 28.3. The Bertz CT molecular complexity index is 987. The number of hydrogen-bond acceptors (Lipinski definition) is 5. The monoisotopic (exact) mass is 511 g/mol. The van der Waals surface area contributed by atoms with Gasteiger partial charge in [0, 0.05) is 12.2 Å². The third-order valence-corrected chi connectivity index (χ3v) is 7.70. The first-order chi connectivity index (χ1) is 17.5. The van der Waals surface area contributed by atoms with Crippen molar-refractivity contribution in [1.82, 2.24) is 5.32 Å². The summed E-state index contributed by atoms with van der Waals surface area (Å²) in [6.07, 6.45) is 11.7. The second kappa shape index (κ2) is 15.1. The molecule has 1 saturated carbocycles. The van der Waals surface area contributed by atoms with E-state index in [9.17, 15) is 9.59 Å². The van der Waals surface area contributed by atoms with E-state index in [1.54, 1.807) is 11.8 Å². The summed E-state index contributed by atoms with van der Waals surface area (Å²) in [6, 6.07) is 13.2. The molecule has 0 spiro atoms. The summed E-state index contributed by atoms with van der Waals surface area (Å²) in [4.78, 5) is 25.6. The molecule has 0 aromatic heterocycles. The van der Waals surface area contributed by atoms with Crippen LogP contribution >= 0.6 is 11.8 Å². The van der Waals surface area contributed by atoms with Crippen LogP contribution in [0.25, 0.3) is 11.1 Å². The Hall–Kier alpha value is -2.31. The molecule has 1 fully saturated rings. The fourth-order valence-electron chi connectivity index (χ4n) is 4.98. The van der Waals surface area contributed by atoms with Crippen molar-refractivity contribution in [3.8, 4) is 11.1 Å². The Kier molecular flexibility index (Phi) is 11.8. The Morgan fingerprint density at radius 3 is 2.58 bits per heavy atom. The third kappa shape index (κ3) is 8.38. The van der Waals surface area contributed by atoms with Gasteiger partial charge < -0.3 is 14.8 Å². The molecule has 6 heteroatoms. The van der Waals surface area contributed by atoms with E-state index in [1.807, 2.05) is 55.6 Å². The van der Waals surface area contributed by atoms with Gasteiger partial charge in [0.05, 0.1) is 13.7 Å². The zero-order valence-electron chi connectivity index (χ0n) is 22.0. The molecule has 1 unspecified atom stereocenters. The average molecular weight is 512 g/mol. The number of rotatable bonds is 13. The molecule has 196 valence electrons. The summed E-state index contributed by atoms with van der Waals surface area (Å²) >= 11 is 1.63. The third-order valence-electron chi connectivity index (χ3n) is 7.06. The van der Waals surface area contributed by atoms with Gasteiger partial charge in [0.2, 0.25) is 0 Å². The molecule has 0 saturated heterocycles. The molecule has 2 aromatic carbocycles. The van der Waals surface area contributed by atoms with Gasteiger partial charge in [-0.15, -0.1) is 0 Å². The second-order valence-electron chi connectivity index (χ2n) is 9.72. The van der Waals surface area contributed by atoms with Gasteiger partial charge in [-0.2, -0.15) is 11.8 Å². The van der Waals surface area contributed by atoms with E-state index in [2.05, 4.69) is 5.32 Å². The number of ether oxygens (including phenoxy) is 2. The van der Waals surface area contributed by atoms with Gasteiger partial charge in [-0.25, -0.2) is 4.79 Å². The maximum absolute atomic E-state index is 13.3. The maximum Gasteiger partial charge on any atom is 0.328 e. The Morgan fingerprint density at radius 1 is 1.08 bits per heavy atom. The van der Waals surface area contributed by atoms with Crippen molar-refractivity contribution in [1.29, 1.82) is 0 Å². The number of thioether (sulfide) groups is 1. The average Bonchev–Trinajstić information content (AvgIpc) is 2.91. The lowest BCUT2D eigenvalue weighted by atomic mass is 9.86. The first-order valence-corrected chi connectivity index (χ1v) is 14.6. The van der Waals surface area contributed by atoms with E-state index in [0.717, 1.165) is 47.0 Å². The minimum atomic E-state index is -0.674. The van der Waals surface area contributed by atoms with Gasteiger partial charge in [0.25, 0.3) is 5.91 Å². The number of nitrogens with one attached hydrogen (secondary N) is 1. The molecule has 2 aromatic rings. The topological polar surface area (TPSA) is 64.6 Å². The highest BCUT2D eigenvalue weighted by atomic mass is 32.2. The number of methoxy groups -OCH3 is 1. The number of esters is 1. The zero-order valence-corrected chi connectivity index (χ0v) is 22.8.